The summed E-state index contributed by atoms with van der Waals surface area (Å²) >= 11 is 5.99. The Labute approximate surface area is 148 Å². The number of nitro benzene ring substituents is 1. The second-order valence-corrected chi connectivity index (χ2v) is 6.69. The Bertz CT molecular complexity index is 584. The molecule has 0 saturated heterocycles. The number of halogens is 1. The molecule has 0 amide bonds. The number of hydrogen-bond acceptors (Lipinski definition) is 4. The molecule has 0 aliphatic carbocycles. The van der Waals surface area contributed by atoms with E-state index in [1.807, 2.05) is 13.0 Å². The van der Waals surface area contributed by atoms with Gasteiger partial charge in [0.25, 0.3) is 5.69 Å². The van der Waals surface area contributed by atoms with Gasteiger partial charge in [0.1, 0.15) is 12.4 Å². The van der Waals surface area contributed by atoms with Crippen LogP contribution in [0.4, 0.5) is 5.69 Å². The highest BCUT2D eigenvalue weighted by Crippen LogP contribution is 2.28. The summed E-state index contributed by atoms with van der Waals surface area (Å²) in [6.45, 7) is 9.40. The van der Waals surface area contributed by atoms with Crippen molar-refractivity contribution in [3.8, 4) is 5.75 Å². The first kappa shape index (κ1) is 20.5. The van der Waals surface area contributed by atoms with Crippen molar-refractivity contribution in [3.63, 3.8) is 0 Å². The number of rotatable bonds is 10. The van der Waals surface area contributed by atoms with Gasteiger partial charge in [0.15, 0.2) is 0 Å². The average Bonchev–Trinajstić information content (AvgIpc) is 2.48. The molecule has 0 saturated carbocycles. The molecule has 0 bridgehead atoms. The molecule has 0 aliphatic rings. The van der Waals surface area contributed by atoms with Crippen molar-refractivity contribution in [3.05, 3.63) is 45.0 Å². The number of benzene rings is 1. The van der Waals surface area contributed by atoms with Crippen molar-refractivity contribution in [1.29, 1.82) is 0 Å². The summed E-state index contributed by atoms with van der Waals surface area (Å²) in [5, 5.41) is 10.9. The van der Waals surface area contributed by atoms with E-state index < -0.39 is 4.92 Å². The second kappa shape index (κ2) is 9.64. The molecule has 1 aromatic rings. The molecule has 0 radical (unpaired) electrons. The Morgan fingerprint density at radius 3 is 2.71 bits per heavy atom. The van der Waals surface area contributed by atoms with Crippen molar-refractivity contribution < 1.29 is 14.4 Å². The fourth-order valence-electron chi connectivity index (χ4n) is 2.35. The fraction of sp³-hybridized carbons (Fsp3) is 0.556. The van der Waals surface area contributed by atoms with Gasteiger partial charge in [-0.05, 0) is 59.1 Å². The third-order valence-electron chi connectivity index (χ3n) is 3.68. The predicted octanol–water partition coefficient (Wildman–Crippen LogP) is 5.56. The van der Waals surface area contributed by atoms with Crippen molar-refractivity contribution >= 4 is 17.3 Å². The minimum atomic E-state index is -0.483. The van der Waals surface area contributed by atoms with E-state index in [1.165, 1.54) is 23.8 Å². The summed E-state index contributed by atoms with van der Waals surface area (Å²) in [6.07, 6.45) is 5.04. The molecule has 5 nitrogen and oxygen atoms in total. The van der Waals surface area contributed by atoms with Gasteiger partial charge in [-0.3, -0.25) is 10.1 Å². The molecule has 24 heavy (non-hydrogen) atoms. The smallest absolute Gasteiger partial charge is 0.271 e. The standard InChI is InChI=1S/C18H26ClNO4/c1-5-24-18(3,4)11-6-7-14(2)10-12-23-17-9-8-15(20(21)22)13-16(17)19/h8-10,13H,5-7,11-12H2,1-4H3/b14-10+. The average molecular weight is 356 g/mol. The maximum absolute atomic E-state index is 10.7. The normalized spacial score (nSPS) is 12.3. The van der Waals surface area contributed by atoms with Gasteiger partial charge in [0, 0.05) is 18.7 Å². The van der Waals surface area contributed by atoms with E-state index in [0.29, 0.717) is 12.4 Å². The highest BCUT2D eigenvalue weighted by Gasteiger charge is 2.16. The van der Waals surface area contributed by atoms with Gasteiger partial charge in [-0.2, -0.15) is 0 Å². The van der Waals surface area contributed by atoms with Gasteiger partial charge in [-0.1, -0.05) is 17.2 Å². The zero-order valence-corrected chi connectivity index (χ0v) is 15.6. The molecule has 1 aromatic carbocycles. The van der Waals surface area contributed by atoms with Gasteiger partial charge in [-0.15, -0.1) is 0 Å². The van der Waals surface area contributed by atoms with Crippen molar-refractivity contribution in [2.24, 2.45) is 0 Å². The number of nitrogens with zero attached hydrogens (tertiary/aromatic N) is 1. The molecule has 0 fully saturated rings. The molecule has 0 aliphatic heterocycles. The molecule has 6 heteroatoms. The molecule has 0 atom stereocenters. The van der Waals surface area contributed by atoms with Crippen LogP contribution in [0.15, 0.2) is 29.8 Å². The van der Waals surface area contributed by atoms with Crippen LogP contribution < -0.4 is 4.74 Å². The van der Waals surface area contributed by atoms with Crippen LogP contribution in [0.3, 0.4) is 0 Å². The van der Waals surface area contributed by atoms with Crippen LogP contribution in [0.1, 0.15) is 47.0 Å². The second-order valence-electron chi connectivity index (χ2n) is 6.28. The lowest BCUT2D eigenvalue weighted by Crippen LogP contribution is -2.24. The monoisotopic (exact) mass is 355 g/mol. The van der Waals surface area contributed by atoms with E-state index in [9.17, 15) is 10.1 Å². The number of hydrogen-bond donors (Lipinski definition) is 0. The summed E-state index contributed by atoms with van der Waals surface area (Å²) in [7, 11) is 0. The van der Waals surface area contributed by atoms with Gasteiger partial charge in [0.2, 0.25) is 0 Å². The van der Waals surface area contributed by atoms with Crippen LogP contribution >= 0.6 is 11.6 Å². The summed E-state index contributed by atoms with van der Waals surface area (Å²) in [5.74, 6) is 0.448. The maximum Gasteiger partial charge on any atom is 0.271 e. The molecule has 134 valence electrons. The minimum absolute atomic E-state index is 0.0454. The predicted molar refractivity (Wildman–Crippen MR) is 96.9 cm³/mol. The molecule has 0 N–H and O–H groups in total. The number of allylic oxidation sites excluding steroid dienone is 1. The Hall–Kier alpha value is -1.59. The van der Waals surface area contributed by atoms with Crippen molar-refractivity contribution in [1.82, 2.24) is 0 Å². The van der Waals surface area contributed by atoms with Gasteiger partial charge < -0.3 is 9.47 Å². The van der Waals surface area contributed by atoms with Crippen LogP contribution in [0.25, 0.3) is 0 Å². The summed E-state index contributed by atoms with van der Waals surface area (Å²) < 4.78 is 11.3. The Kier molecular flexibility index (Phi) is 8.22. The van der Waals surface area contributed by atoms with Crippen LogP contribution in [0.2, 0.25) is 5.02 Å². The Morgan fingerprint density at radius 1 is 1.42 bits per heavy atom. The molecule has 0 unspecified atom stereocenters. The minimum Gasteiger partial charge on any atom is -0.488 e. The summed E-state index contributed by atoms with van der Waals surface area (Å²) in [4.78, 5) is 10.2. The third kappa shape index (κ3) is 7.32. The largest absolute Gasteiger partial charge is 0.488 e. The van der Waals surface area contributed by atoms with Crippen LogP contribution in [-0.4, -0.2) is 23.7 Å². The molecule has 0 aromatic heterocycles. The molecular formula is C18H26ClNO4. The first-order chi connectivity index (χ1) is 11.2. The van der Waals surface area contributed by atoms with Gasteiger partial charge >= 0.3 is 0 Å². The Balaban J connectivity index is 2.42. The van der Waals surface area contributed by atoms with Gasteiger partial charge in [-0.25, -0.2) is 0 Å². The number of nitro groups is 1. The van der Waals surface area contributed by atoms with E-state index in [1.54, 1.807) is 0 Å². The fourth-order valence-corrected chi connectivity index (χ4v) is 2.58. The lowest BCUT2D eigenvalue weighted by atomic mass is 9.99. The topological polar surface area (TPSA) is 61.6 Å². The highest BCUT2D eigenvalue weighted by atomic mass is 35.5. The highest BCUT2D eigenvalue weighted by molar-refractivity contribution is 6.32. The molecular weight excluding hydrogens is 330 g/mol. The number of non-ortho nitro benzene ring substituents is 1. The molecule has 1 rings (SSSR count). The van der Waals surface area contributed by atoms with E-state index in [4.69, 9.17) is 21.1 Å². The van der Waals surface area contributed by atoms with E-state index in [2.05, 4.69) is 20.8 Å². The van der Waals surface area contributed by atoms with Crippen molar-refractivity contribution in [2.45, 2.75) is 52.6 Å². The zero-order valence-electron chi connectivity index (χ0n) is 14.8. The van der Waals surface area contributed by atoms with Crippen LogP contribution in [-0.2, 0) is 4.74 Å². The van der Waals surface area contributed by atoms with Crippen LogP contribution in [0, 0.1) is 10.1 Å². The molecule has 0 heterocycles. The Morgan fingerprint density at radius 2 is 2.12 bits per heavy atom. The van der Waals surface area contributed by atoms with E-state index in [0.717, 1.165) is 25.9 Å². The van der Waals surface area contributed by atoms with E-state index >= 15 is 0 Å². The molecule has 0 spiro atoms. The number of ether oxygens (including phenoxy) is 2. The van der Waals surface area contributed by atoms with Gasteiger partial charge in [0.05, 0.1) is 15.5 Å². The van der Waals surface area contributed by atoms with Crippen LogP contribution in [0.5, 0.6) is 5.75 Å². The summed E-state index contributed by atoms with van der Waals surface area (Å²) in [6, 6.07) is 4.20. The first-order valence-corrected chi connectivity index (χ1v) is 8.49. The quantitative estimate of drug-likeness (QED) is 0.313. The van der Waals surface area contributed by atoms with E-state index in [-0.39, 0.29) is 16.3 Å². The maximum atomic E-state index is 10.7. The van der Waals surface area contributed by atoms with Crippen molar-refractivity contribution in [2.75, 3.05) is 13.2 Å². The first-order valence-electron chi connectivity index (χ1n) is 8.11. The lowest BCUT2D eigenvalue weighted by molar-refractivity contribution is -0.384. The zero-order chi connectivity index (χ0) is 18.2. The summed E-state index contributed by atoms with van der Waals surface area (Å²) in [5.41, 5.74) is 1.11. The SMILES string of the molecule is CCOC(C)(C)CCC/C(C)=C/COc1ccc([N+](=O)[O-])cc1Cl. The third-order valence-corrected chi connectivity index (χ3v) is 3.98. The lowest BCUT2D eigenvalue weighted by Gasteiger charge is -2.24.